The first-order valence-electron chi connectivity index (χ1n) is 13.6. The van der Waals surface area contributed by atoms with Gasteiger partial charge in [-0.15, -0.1) is 0 Å². The lowest BCUT2D eigenvalue weighted by molar-refractivity contribution is 0.100. The number of nitrogens with zero attached hydrogens (tertiary/aromatic N) is 2. The summed E-state index contributed by atoms with van der Waals surface area (Å²) in [5.74, 6) is 0.764. The Morgan fingerprint density at radius 3 is 2.54 bits per heavy atom. The average Bonchev–Trinajstić information content (AvgIpc) is 3.45. The van der Waals surface area contributed by atoms with E-state index in [0.717, 1.165) is 41.0 Å². The van der Waals surface area contributed by atoms with Gasteiger partial charge in [0.15, 0.2) is 5.65 Å². The molecule has 1 amide bonds. The summed E-state index contributed by atoms with van der Waals surface area (Å²) in [6.45, 7) is 2.70. The molecule has 3 aromatic carbocycles. The summed E-state index contributed by atoms with van der Waals surface area (Å²) in [7, 11) is 1.62. The summed E-state index contributed by atoms with van der Waals surface area (Å²) >= 11 is 0. The van der Waals surface area contributed by atoms with E-state index in [1.54, 1.807) is 7.11 Å². The molecule has 210 valence electrons. The third-order valence-electron chi connectivity index (χ3n) is 7.16. The summed E-state index contributed by atoms with van der Waals surface area (Å²) in [5, 5.41) is 17.0. The monoisotopic (exact) mass is 550 g/mol. The molecule has 0 unspecified atom stereocenters. The molecule has 0 aliphatic heterocycles. The minimum absolute atomic E-state index is 0.0294. The number of anilines is 2. The van der Waals surface area contributed by atoms with Crippen molar-refractivity contribution in [2.24, 2.45) is 5.73 Å². The van der Waals surface area contributed by atoms with Crippen LogP contribution in [0, 0.1) is 0 Å². The van der Waals surface area contributed by atoms with Gasteiger partial charge < -0.3 is 31.2 Å². The van der Waals surface area contributed by atoms with E-state index in [-0.39, 0.29) is 18.2 Å². The van der Waals surface area contributed by atoms with Crippen molar-refractivity contribution in [3.8, 4) is 17.1 Å². The van der Waals surface area contributed by atoms with Crippen LogP contribution in [-0.4, -0.2) is 45.7 Å². The molecule has 0 aliphatic rings. The number of aliphatic hydroxyl groups excluding tert-OH is 1. The molecule has 1 atom stereocenters. The SMILES string of the molecule is CCc1c(CN[C@H](CO)Cc2ccccc2)cccc1Nc1c(C(N)=O)cnc2nc(-c3ccc(OC)cc3)[nH]c12. The molecule has 0 saturated heterocycles. The molecule has 0 radical (unpaired) electrons. The van der Waals surface area contributed by atoms with Gasteiger partial charge in [-0.2, -0.15) is 0 Å². The van der Waals surface area contributed by atoms with E-state index in [0.29, 0.717) is 29.2 Å². The van der Waals surface area contributed by atoms with Crippen LogP contribution in [0.2, 0.25) is 0 Å². The number of methoxy groups -OCH3 is 1. The highest BCUT2D eigenvalue weighted by Crippen LogP contribution is 2.32. The van der Waals surface area contributed by atoms with Crippen LogP contribution >= 0.6 is 0 Å². The van der Waals surface area contributed by atoms with Crippen LogP contribution in [0.3, 0.4) is 0 Å². The highest BCUT2D eigenvalue weighted by atomic mass is 16.5. The molecular weight excluding hydrogens is 516 g/mol. The van der Waals surface area contributed by atoms with Crippen molar-refractivity contribution in [3.63, 3.8) is 0 Å². The molecule has 0 bridgehead atoms. The Morgan fingerprint density at radius 2 is 1.85 bits per heavy atom. The number of aliphatic hydroxyl groups is 1. The van der Waals surface area contributed by atoms with Crippen molar-refractivity contribution in [3.05, 3.63) is 101 Å². The molecule has 6 N–H and O–H groups in total. The molecule has 9 heteroatoms. The number of aromatic nitrogens is 3. The van der Waals surface area contributed by atoms with Crippen LogP contribution in [0.15, 0.2) is 79.0 Å². The summed E-state index contributed by atoms with van der Waals surface area (Å²) in [5.41, 5.74) is 12.7. The van der Waals surface area contributed by atoms with E-state index in [9.17, 15) is 9.90 Å². The summed E-state index contributed by atoms with van der Waals surface area (Å²) in [4.78, 5) is 24.8. The summed E-state index contributed by atoms with van der Waals surface area (Å²) in [6.07, 6.45) is 2.94. The van der Waals surface area contributed by atoms with E-state index in [1.165, 1.54) is 11.8 Å². The van der Waals surface area contributed by atoms with Gasteiger partial charge in [0.2, 0.25) is 0 Å². The van der Waals surface area contributed by atoms with Gasteiger partial charge in [0.25, 0.3) is 5.91 Å². The number of pyridine rings is 1. The predicted octanol–water partition coefficient (Wildman–Crippen LogP) is 4.73. The number of aromatic amines is 1. The molecule has 9 nitrogen and oxygen atoms in total. The third-order valence-corrected chi connectivity index (χ3v) is 7.16. The van der Waals surface area contributed by atoms with Gasteiger partial charge in [0, 0.05) is 30.0 Å². The maximum atomic E-state index is 12.4. The van der Waals surface area contributed by atoms with Gasteiger partial charge in [-0.3, -0.25) is 4.79 Å². The predicted molar refractivity (Wildman–Crippen MR) is 161 cm³/mol. The zero-order valence-corrected chi connectivity index (χ0v) is 23.1. The Hall–Kier alpha value is -4.73. The standard InChI is InChI=1S/C32H34N6O3/c1-3-25-22(17-34-23(19-39)16-20-8-5-4-6-9-20)10-7-11-27(25)36-28-26(30(33)40)18-35-32-29(28)37-31(38-32)21-12-14-24(41-2)15-13-21/h4-15,18,23,34,39H,3,16-17,19H2,1-2H3,(H2,33,40)(H2,35,36,37,38)/t23-/m0/s1. The van der Waals surface area contributed by atoms with Crippen LogP contribution in [0.25, 0.3) is 22.6 Å². The molecular formula is C32H34N6O3. The number of ether oxygens (including phenoxy) is 1. The number of imidazole rings is 1. The van der Waals surface area contributed by atoms with E-state index < -0.39 is 5.91 Å². The van der Waals surface area contributed by atoms with Crippen molar-refractivity contribution in [2.75, 3.05) is 19.0 Å². The first-order valence-corrected chi connectivity index (χ1v) is 13.6. The number of benzene rings is 3. The van der Waals surface area contributed by atoms with Gasteiger partial charge >= 0.3 is 0 Å². The van der Waals surface area contributed by atoms with Crippen LogP contribution in [0.5, 0.6) is 5.75 Å². The molecule has 0 saturated carbocycles. The quantitative estimate of drug-likeness (QED) is 0.151. The number of amides is 1. The zero-order chi connectivity index (χ0) is 28.8. The summed E-state index contributed by atoms with van der Waals surface area (Å²) < 4.78 is 5.27. The number of fused-ring (bicyclic) bond motifs is 1. The minimum atomic E-state index is -0.593. The minimum Gasteiger partial charge on any atom is -0.497 e. The summed E-state index contributed by atoms with van der Waals surface area (Å²) in [6, 6.07) is 23.6. The molecule has 0 fully saturated rings. The van der Waals surface area contributed by atoms with Crippen molar-refractivity contribution in [1.29, 1.82) is 0 Å². The number of carbonyl (C=O) groups is 1. The van der Waals surface area contributed by atoms with Gasteiger partial charge in [0.1, 0.15) is 17.1 Å². The van der Waals surface area contributed by atoms with Crippen molar-refractivity contribution < 1.29 is 14.6 Å². The van der Waals surface area contributed by atoms with Gasteiger partial charge in [-0.05, 0) is 59.9 Å². The fourth-order valence-electron chi connectivity index (χ4n) is 4.98. The lowest BCUT2D eigenvalue weighted by Crippen LogP contribution is -2.34. The topological polar surface area (TPSA) is 138 Å². The van der Waals surface area contributed by atoms with Crippen LogP contribution < -0.4 is 21.1 Å². The number of hydrogen-bond acceptors (Lipinski definition) is 7. The Kier molecular flexibility index (Phi) is 8.57. The molecule has 2 heterocycles. The van der Waals surface area contributed by atoms with Gasteiger partial charge in [0.05, 0.1) is 25.0 Å². The number of hydrogen-bond donors (Lipinski definition) is 5. The van der Waals surface area contributed by atoms with Crippen molar-refractivity contribution in [2.45, 2.75) is 32.4 Å². The smallest absolute Gasteiger partial charge is 0.252 e. The number of nitrogens with two attached hydrogens (primary N) is 1. The third kappa shape index (κ3) is 6.21. The van der Waals surface area contributed by atoms with E-state index in [1.807, 2.05) is 54.6 Å². The van der Waals surface area contributed by atoms with Crippen LogP contribution in [0.1, 0.15) is 34.0 Å². The number of primary amides is 1. The van der Waals surface area contributed by atoms with E-state index in [2.05, 4.69) is 50.7 Å². The fraction of sp³-hybridized carbons (Fsp3) is 0.219. The second-order valence-corrected chi connectivity index (χ2v) is 9.80. The number of rotatable bonds is 12. The second kappa shape index (κ2) is 12.6. The second-order valence-electron chi connectivity index (χ2n) is 9.80. The van der Waals surface area contributed by atoms with E-state index in [4.69, 9.17) is 10.5 Å². The fourth-order valence-corrected chi connectivity index (χ4v) is 4.98. The molecule has 2 aromatic heterocycles. The Labute approximate surface area is 238 Å². The maximum absolute atomic E-state index is 12.4. The van der Waals surface area contributed by atoms with Crippen LogP contribution in [0.4, 0.5) is 11.4 Å². The number of nitrogens with one attached hydrogen (secondary N) is 3. The average molecular weight is 551 g/mol. The highest BCUT2D eigenvalue weighted by molar-refractivity contribution is 6.06. The number of carbonyl (C=O) groups excluding carboxylic acids is 1. The Bertz CT molecular complexity index is 1630. The van der Waals surface area contributed by atoms with Crippen molar-refractivity contribution in [1.82, 2.24) is 20.3 Å². The normalized spacial score (nSPS) is 11.9. The molecule has 0 aliphatic carbocycles. The lowest BCUT2D eigenvalue weighted by atomic mass is 10.0. The Morgan fingerprint density at radius 1 is 1.07 bits per heavy atom. The van der Waals surface area contributed by atoms with E-state index >= 15 is 0 Å². The lowest BCUT2D eigenvalue weighted by Gasteiger charge is -2.20. The van der Waals surface area contributed by atoms with Gasteiger partial charge in [-0.1, -0.05) is 49.4 Å². The Balaban J connectivity index is 1.45. The first kappa shape index (κ1) is 27.8. The molecule has 5 aromatic rings. The highest BCUT2D eigenvalue weighted by Gasteiger charge is 2.19. The maximum Gasteiger partial charge on any atom is 0.252 e. The van der Waals surface area contributed by atoms with Gasteiger partial charge in [-0.25, -0.2) is 9.97 Å². The van der Waals surface area contributed by atoms with Crippen molar-refractivity contribution >= 4 is 28.4 Å². The van der Waals surface area contributed by atoms with Crippen LogP contribution in [-0.2, 0) is 19.4 Å². The number of H-pyrrole nitrogens is 1. The zero-order valence-electron chi connectivity index (χ0n) is 23.1. The molecule has 0 spiro atoms. The molecule has 41 heavy (non-hydrogen) atoms. The molecule has 5 rings (SSSR count). The first-order chi connectivity index (χ1) is 20.0. The largest absolute Gasteiger partial charge is 0.497 e.